The average molecular weight is 310 g/mol. The van der Waals surface area contributed by atoms with Crippen molar-refractivity contribution in [2.24, 2.45) is 0 Å². The number of aromatic hydroxyl groups is 1. The van der Waals surface area contributed by atoms with Gasteiger partial charge >= 0.3 is 0 Å². The van der Waals surface area contributed by atoms with Gasteiger partial charge in [0.2, 0.25) is 0 Å². The van der Waals surface area contributed by atoms with Crippen molar-refractivity contribution in [3.63, 3.8) is 0 Å². The Kier molecular flexibility index (Phi) is 5.30. The molecule has 2 aromatic rings. The average Bonchev–Trinajstić information content (AvgIpc) is 2.44. The quantitative estimate of drug-likeness (QED) is 0.863. The van der Waals surface area contributed by atoms with Gasteiger partial charge in [0.1, 0.15) is 5.75 Å². The summed E-state index contributed by atoms with van der Waals surface area (Å²) in [6, 6.07) is 13.5. The van der Waals surface area contributed by atoms with E-state index < -0.39 is 0 Å². The molecule has 0 radical (unpaired) electrons. The Hall–Kier alpha value is -1.22. The van der Waals surface area contributed by atoms with Gasteiger partial charge in [-0.3, -0.25) is 4.90 Å². The summed E-state index contributed by atoms with van der Waals surface area (Å²) in [5.74, 6) is 0.113. The molecule has 2 nitrogen and oxygen atoms in total. The van der Waals surface area contributed by atoms with E-state index in [0.29, 0.717) is 16.6 Å². The minimum absolute atomic E-state index is 0.113. The summed E-state index contributed by atoms with van der Waals surface area (Å²) >= 11 is 11.9. The first-order chi connectivity index (χ1) is 9.60. The second-order valence-corrected chi connectivity index (χ2v) is 5.53. The summed E-state index contributed by atoms with van der Waals surface area (Å²) in [7, 11) is 0. The molecular weight excluding hydrogens is 293 g/mol. The Bertz CT molecular complexity index is 572. The molecule has 106 valence electrons. The van der Waals surface area contributed by atoms with Crippen molar-refractivity contribution in [3.05, 3.63) is 63.6 Å². The van der Waals surface area contributed by atoms with Crippen LogP contribution < -0.4 is 0 Å². The van der Waals surface area contributed by atoms with Crippen LogP contribution in [0.15, 0.2) is 42.5 Å². The first kappa shape index (κ1) is 15.2. The lowest BCUT2D eigenvalue weighted by molar-refractivity contribution is 0.267. The maximum atomic E-state index is 10.0. The van der Waals surface area contributed by atoms with Gasteiger partial charge < -0.3 is 5.11 Å². The fourth-order valence-electron chi connectivity index (χ4n) is 2.10. The number of benzene rings is 2. The molecule has 2 rings (SSSR count). The molecule has 0 saturated heterocycles. The molecular formula is C16H17Cl2NO. The second-order valence-electron chi connectivity index (χ2n) is 4.68. The van der Waals surface area contributed by atoms with E-state index in [-0.39, 0.29) is 5.75 Å². The summed E-state index contributed by atoms with van der Waals surface area (Å²) < 4.78 is 0. The smallest absolute Gasteiger partial charge is 0.138 e. The number of rotatable bonds is 5. The van der Waals surface area contributed by atoms with Crippen LogP contribution in [0.25, 0.3) is 0 Å². The van der Waals surface area contributed by atoms with Gasteiger partial charge in [-0.15, -0.1) is 0 Å². The zero-order valence-corrected chi connectivity index (χ0v) is 12.8. The topological polar surface area (TPSA) is 23.5 Å². The van der Waals surface area contributed by atoms with Crippen molar-refractivity contribution in [2.75, 3.05) is 6.54 Å². The van der Waals surface area contributed by atoms with Gasteiger partial charge in [0, 0.05) is 23.7 Å². The van der Waals surface area contributed by atoms with Crippen molar-refractivity contribution < 1.29 is 5.11 Å². The summed E-state index contributed by atoms with van der Waals surface area (Å²) in [6.07, 6.45) is 0. The lowest BCUT2D eigenvalue weighted by Crippen LogP contribution is -2.22. The van der Waals surface area contributed by atoms with Crippen molar-refractivity contribution in [3.8, 4) is 5.75 Å². The van der Waals surface area contributed by atoms with Gasteiger partial charge in [-0.1, -0.05) is 60.5 Å². The van der Waals surface area contributed by atoms with Crippen LogP contribution in [-0.2, 0) is 13.1 Å². The third-order valence-corrected chi connectivity index (χ3v) is 3.70. The molecule has 20 heavy (non-hydrogen) atoms. The van der Waals surface area contributed by atoms with Crippen LogP contribution in [0.5, 0.6) is 5.75 Å². The molecule has 0 aliphatic heterocycles. The summed E-state index contributed by atoms with van der Waals surface area (Å²) in [6.45, 7) is 4.39. The van der Waals surface area contributed by atoms with Crippen molar-refractivity contribution in [2.45, 2.75) is 20.0 Å². The normalized spacial score (nSPS) is 11.0. The van der Waals surface area contributed by atoms with Crippen LogP contribution in [0.1, 0.15) is 18.1 Å². The van der Waals surface area contributed by atoms with E-state index in [9.17, 15) is 5.11 Å². The zero-order chi connectivity index (χ0) is 14.5. The van der Waals surface area contributed by atoms with Gasteiger partial charge in [-0.05, 0) is 24.2 Å². The minimum Gasteiger partial charge on any atom is -0.506 e. The zero-order valence-electron chi connectivity index (χ0n) is 11.3. The molecule has 0 aliphatic rings. The van der Waals surface area contributed by atoms with Crippen LogP contribution in [0, 0.1) is 0 Å². The lowest BCUT2D eigenvalue weighted by Gasteiger charge is -2.21. The van der Waals surface area contributed by atoms with E-state index in [1.165, 1.54) is 5.56 Å². The van der Waals surface area contributed by atoms with Crippen LogP contribution in [-0.4, -0.2) is 16.6 Å². The van der Waals surface area contributed by atoms with Gasteiger partial charge in [0.05, 0.1) is 5.02 Å². The Morgan fingerprint density at radius 2 is 1.75 bits per heavy atom. The first-order valence-electron chi connectivity index (χ1n) is 6.53. The van der Waals surface area contributed by atoms with Crippen LogP contribution in [0.2, 0.25) is 10.0 Å². The Morgan fingerprint density at radius 1 is 1.05 bits per heavy atom. The SMILES string of the molecule is CCN(Cc1ccccc1)Cc1cc(Cl)cc(Cl)c1O. The molecule has 0 amide bonds. The largest absolute Gasteiger partial charge is 0.506 e. The van der Waals surface area contributed by atoms with E-state index in [4.69, 9.17) is 23.2 Å². The number of phenolic OH excluding ortho intramolecular Hbond substituents is 1. The van der Waals surface area contributed by atoms with E-state index in [1.807, 2.05) is 18.2 Å². The third-order valence-electron chi connectivity index (χ3n) is 3.20. The van der Waals surface area contributed by atoms with Crippen molar-refractivity contribution in [1.29, 1.82) is 0 Å². The highest BCUT2D eigenvalue weighted by molar-refractivity contribution is 6.35. The molecule has 0 spiro atoms. The maximum Gasteiger partial charge on any atom is 0.138 e. The van der Waals surface area contributed by atoms with E-state index in [2.05, 4.69) is 24.0 Å². The maximum absolute atomic E-state index is 10.0. The number of phenols is 1. The van der Waals surface area contributed by atoms with Gasteiger partial charge in [0.25, 0.3) is 0 Å². The number of halogens is 2. The highest BCUT2D eigenvalue weighted by Crippen LogP contribution is 2.32. The third kappa shape index (κ3) is 3.89. The molecule has 1 N–H and O–H groups in total. The predicted molar refractivity (Wildman–Crippen MR) is 84.4 cm³/mol. The molecule has 4 heteroatoms. The second kappa shape index (κ2) is 6.98. The lowest BCUT2D eigenvalue weighted by atomic mass is 10.1. The first-order valence-corrected chi connectivity index (χ1v) is 7.29. The van der Waals surface area contributed by atoms with Crippen LogP contribution >= 0.6 is 23.2 Å². The van der Waals surface area contributed by atoms with Crippen molar-refractivity contribution in [1.82, 2.24) is 4.90 Å². The summed E-state index contributed by atoms with van der Waals surface area (Å²) in [5.41, 5.74) is 1.99. The molecule has 0 bridgehead atoms. The summed E-state index contributed by atoms with van der Waals surface area (Å²) in [4.78, 5) is 2.22. The molecule has 0 unspecified atom stereocenters. The van der Waals surface area contributed by atoms with Gasteiger partial charge in [-0.25, -0.2) is 0 Å². The van der Waals surface area contributed by atoms with Crippen LogP contribution in [0.4, 0.5) is 0 Å². The highest BCUT2D eigenvalue weighted by atomic mass is 35.5. The summed E-state index contributed by atoms with van der Waals surface area (Å²) in [5, 5.41) is 10.9. The molecule has 2 aromatic carbocycles. The molecule has 0 aromatic heterocycles. The molecule has 0 saturated carbocycles. The van der Waals surface area contributed by atoms with Crippen molar-refractivity contribution >= 4 is 23.2 Å². The fourth-order valence-corrected chi connectivity index (χ4v) is 2.64. The Morgan fingerprint density at radius 3 is 2.40 bits per heavy atom. The van der Waals surface area contributed by atoms with Crippen LogP contribution in [0.3, 0.4) is 0 Å². The molecule has 0 atom stereocenters. The van der Waals surface area contributed by atoms with Gasteiger partial charge in [-0.2, -0.15) is 0 Å². The van der Waals surface area contributed by atoms with Gasteiger partial charge in [0.15, 0.2) is 0 Å². The van der Waals surface area contributed by atoms with E-state index in [1.54, 1.807) is 12.1 Å². The minimum atomic E-state index is 0.113. The van der Waals surface area contributed by atoms with E-state index in [0.717, 1.165) is 18.7 Å². The van der Waals surface area contributed by atoms with E-state index >= 15 is 0 Å². The Labute approximate surface area is 129 Å². The molecule has 0 heterocycles. The monoisotopic (exact) mass is 309 g/mol. The Balaban J connectivity index is 2.14. The fraction of sp³-hybridized carbons (Fsp3) is 0.250. The molecule has 0 aliphatic carbocycles. The highest BCUT2D eigenvalue weighted by Gasteiger charge is 2.12. The predicted octanol–water partition coefficient (Wildman–Crippen LogP) is 4.72. The standard InChI is InChI=1S/C16H17Cl2NO/c1-2-19(10-12-6-4-3-5-7-12)11-13-8-14(17)9-15(18)16(13)20/h3-9,20H,2,10-11H2,1H3. The number of hydrogen-bond donors (Lipinski definition) is 1. The number of nitrogens with zero attached hydrogens (tertiary/aromatic N) is 1. The molecule has 0 fully saturated rings. The number of hydrogen-bond acceptors (Lipinski definition) is 2.